The lowest BCUT2D eigenvalue weighted by molar-refractivity contribution is 0.0724. The van der Waals surface area contributed by atoms with Crippen molar-refractivity contribution in [2.75, 3.05) is 26.2 Å². The zero-order valence-electron chi connectivity index (χ0n) is 18.7. The third kappa shape index (κ3) is 7.75. The summed E-state index contributed by atoms with van der Waals surface area (Å²) in [6, 6.07) is 7.86. The number of benzene rings is 1. The van der Waals surface area contributed by atoms with Gasteiger partial charge < -0.3 is 15.5 Å². The molecule has 1 aliphatic rings. The molecule has 1 fully saturated rings. The highest BCUT2D eigenvalue weighted by molar-refractivity contribution is 14.0. The molecular formula is C23H34IN5OS. The van der Waals surface area contributed by atoms with Crippen LogP contribution in [-0.2, 0) is 13.0 Å². The summed E-state index contributed by atoms with van der Waals surface area (Å²) in [6.07, 6.45) is 4.34. The number of aromatic nitrogens is 1. The maximum absolute atomic E-state index is 12.6. The molecule has 0 atom stereocenters. The molecule has 2 N–H and O–H groups in total. The van der Waals surface area contributed by atoms with Crippen LogP contribution in [0.2, 0.25) is 0 Å². The number of rotatable bonds is 7. The first-order chi connectivity index (χ1) is 14.6. The summed E-state index contributed by atoms with van der Waals surface area (Å²) >= 11 is 1.76. The van der Waals surface area contributed by atoms with E-state index >= 15 is 0 Å². The summed E-state index contributed by atoms with van der Waals surface area (Å²) in [4.78, 5) is 25.1. The van der Waals surface area contributed by atoms with Crippen molar-refractivity contribution >= 4 is 47.2 Å². The van der Waals surface area contributed by atoms with E-state index < -0.39 is 0 Å². The molecule has 170 valence electrons. The van der Waals surface area contributed by atoms with Crippen LogP contribution < -0.4 is 10.6 Å². The Morgan fingerprint density at radius 2 is 1.84 bits per heavy atom. The topological polar surface area (TPSA) is 69.6 Å². The van der Waals surface area contributed by atoms with Crippen molar-refractivity contribution in [3.05, 3.63) is 51.0 Å². The predicted molar refractivity (Wildman–Crippen MR) is 140 cm³/mol. The molecule has 0 aliphatic carbocycles. The molecule has 0 saturated carbocycles. The van der Waals surface area contributed by atoms with Gasteiger partial charge in [0.1, 0.15) is 0 Å². The predicted octanol–water partition coefficient (Wildman–Crippen LogP) is 4.30. The lowest BCUT2D eigenvalue weighted by atomic mass is 10.1. The van der Waals surface area contributed by atoms with Crippen molar-refractivity contribution in [3.63, 3.8) is 0 Å². The van der Waals surface area contributed by atoms with E-state index in [0.29, 0.717) is 6.54 Å². The molecule has 2 aromatic rings. The number of carbonyl (C=O) groups excluding carboxylic acids is 1. The summed E-state index contributed by atoms with van der Waals surface area (Å²) in [7, 11) is 0. The number of amides is 1. The molecule has 2 heterocycles. The zero-order valence-corrected chi connectivity index (χ0v) is 21.9. The number of guanidine groups is 1. The van der Waals surface area contributed by atoms with Crippen LogP contribution in [0.3, 0.4) is 0 Å². The number of hydrogen-bond acceptors (Lipinski definition) is 4. The van der Waals surface area contributed by atoms with Gasteiger partial charge in [0, 0.05) is 43.0 Å². The van der Waals surface area contributed by atoms with E-state index in [4.69, 9.17) is 0 Å². The maximum atomic E-state index is 12.6. The van der Waals surface area contributed by atoms with E-state index in [1.54, 1.807) is 11.3 Å². The van der Waals surface area contributed by atoms with Gasteiger partial charge in [-0.05, 0) is 57.7 Å². The fraction of sp³-hybridized carbons (Fsp3) is 0.522. The van der Waals surface area contributed by atoms with Gasteiger partial charge in [0.15, 0.2) is 5.96 Å². The van der Waals surface area contributed by atoms with Gasteiger partial charge in [-0.2, -0.15) is 0 Å². The molecule has 0 radical (unpaired) electrons. The molecule has 0 unspecified atom stereocenters. The number of hydrogen-bond donors (Lipinski definition) is 2. The second kappa shape index (κ2) is 13.0. The number of carbonyl (C=O) groups is 1. The molecule has 8 heteroatoms. The Labute approximate surface area is 207 Å². The quantitative estimate of drug-likeness (QED) is 0.304. The molecular weight excluding hydrogens is 521 g/mol. The van der Waals surface area contributed by atoms with E-state index in [2.05, 4.69) is 41.4 Å². The highest BCUT2D eigenvalue weighted by Gasteiger charge is 2.17. The van der Waals surface area contributed by atoms with Gasteiger partial charge in [-0.25, -0.2) is 9.98 Å². The molecule has 1 aromatic carbocycles. The van der Waals surface area contributed by atoms with Gasteiger partial charge in [0.2, 0.25) is 0 Å². The van der Waals surface area contributed by atoms with Gasteiger partial charge in [0.25, 0.3) is 5.91 Å². The monoisotopic (exact) mass is 555 g/mol. The average molecular weight is 556 g/mol. The van der Waals surface area contributed by atoms with Crippen molar-refractivity contribution in [2.45, 2.75) is 53.0 Å². The second-order valence-electron chi connectivity index (χ2n) is 7.67. The smallest absolute Gasteiger partial charge is 0.253 e. The minimum atomic E-state index is 0. The highest BCUT2D eigenvalue weighted by Crippen LogP contribution is 2.16. The maximum Gasteiger partial charge on any atom is 0.253 e. The molecule has 1 aromatic heterocycles. The highest BCUT2D eigenvalue weighted by atomic mass is 127. The Hall–Kier alpha value is -1.68. The molecule has 1 saturated heterocycles. The van der Waals surface area contributed by atoms with Crippen LogP contribution in [0, 0.1) is 13.8 Å². The van der Waals surface area contributed by atoms with Crippen molar-refractivity contribution in [1.29, 1.82) is 0 Å². The minimum Gasteiger partial charge on any atom is -0.357 e. The van der Waals surface area contributed by atoms with Crippen LogP contribution in [-0.4, -0.2) is 47.9 Å². The second-order valence-corrected chi connectivity index (χ2v) is 8.96. The number of nitrogens with one attached hydrogen (secondary N) is 2. The Morgan fingerprint density at radius 3 is 2.45 bits per heavy atom. The van der Waals surface area contributed by atoms with Crippen LogP contribution in [0.25, 0.3) is 0 Å². The number of likely N-dealkylation sites (tertiary alicyclic amines) is 1. The SMILES string of the molecule is CCNC(=NCc1ccc(C(=O)N2CCCCC2)cc1)NCCc1nc(C)c(C)s1.I. The summed E-state index contributed by atoms with van der Waals surface area (Å²) in [5.41, 5.74) is 2.98. The van der Waals surface area contributed by atoms with Crippen molar-refractivity contribution < 1.29 is 4.79 Å². The summed E-state index contributed by atoms with van der Waals surface area (Å²) < 4.78 is 0. The zero-order chi connectivity index (χ0) is 21.3. The standard InChI is InChI=1S/C23H33N5OS.HI/c1-4-24-23(25-13-12-21-27-17(2)18(3)30-21)26-16-19-8-10-20(11-9-19)22(29)28-14-6-5-7-15-28;/h8-11H,4-7,12-16H2,1-3H3,(H2,24,25,26);1H. The average Bonchev–Trinajstić information content (AvgIpc) is 3.09. The summed E-state index contributed by atoms with van der Waals surface area (Å²) in [6.45, 7) is 10.2. The van der Waals surface area contributed by atoms with E-state index in [1.165, 1.54) is 11.3 Å². The Morgan fingerprint density at radius 1 is 1.13 bits per heavy atom. The van der Waals surface area contributed by atoms with Gasteiger partial charge >= 0.3 is 0 Å². The van der Waals surface area contributed by atoms with Gasteiger partial charge in [-0.3, -0.25) is 4.79 Å². The molecule has 0 spiro atoms. The number of piperidine rings is 1. The largest absolute Gasteiger partial charge is 0.357 e. The number of aliphatic imine (C=N–C) groups is 1. The number of aryl methyl sites for hydroxylation is 2. The fourth-order valence-electron chi connectivity index (χ4n) is 3.48. The van der Waals surface area contributed by atoms with E-state index in [1.807, 2.05) is 29.2 Å². The third-order valence-corrected chi connectivity index (χ3v) is 6.44. The number of halogens is 1. The van der Waals surface area contributed by atoms with E-state index in [-0.39, 0.29) is 29.9 Å². The normalized spacial score (nSPS) is 14.2. The van der Waals surface area contributed by atoms with Crippen LogP contribution in [0.15, 0.2) is 29.3 Å². The Bertz CT molecular complexity index is 840. The number of nitrogens with zero attached hydrogens (tertiary/aromatic N) is 3. The van der Waals surface area contributed by atoms with Gasteiger partial charge in [-0.1, -0.05) is 12.1 Å². The molecule has 1 aliphatic heterocycles. The van der Waals surface area contributed by atoms with Crippen LogP contribution in [0.4, 0.5) is 0 Å². The minimum absolute atomic E-state index is 0. The first-order valence-electron chi connectivity index (χ1n) is 10.9. The first kappa shape index (κ1) is 25.6. The van der Waals surface area contributed by atoms with Gasteiger partial charge in [-0.15, -0.1) is 35.3 Å². The van der Waals surface area contributed by atoms with Crippen molar-refractivity contribution in [2.24, 2.45) is 4.99 Å². The van der Waals surface area contributed by atoms with Crippen LogP contribution in [0.1, 0.15) is 57.7 Å². The van der Waals surface area contributed by atoms with Gasteiger partial charge in [0.05, 0.1) is 17.2 Å². The Kier molecular flexibility index (Phi) is 10.7. The Balaban J connectivity index is 0.00000341. The molecule has 31 heavy (non-hydrogen) atoms. The van der Waals surface area contributed by atoms with E-state index in [9.17, 15) is 4.79 Å². The van der Waals surface area contributed by atoms with Crippen LogP contribution in [0.5, 0.6) is 0 Å². The third-order valence-electron chi connectivity index (χ3n) is 5.31. The lowest BCUT2D eigenvalue weighted by Crippen LogP contribution is -2.38. The summed E-state index contributed by atoms with van der Waals surface area (Å²) in [5, 5.41) is 7.83. The first-order valence-corrected chi connectivity index (χ1v) is 11.7. The van der Waals surface area contributed by atoms with E-state index in [0.717, 1.165) is 73.2 Å². The molecule has 0 bridgehead atoms. The van der Waals surface area contributed by atoms with Crippen LogP contribution >= 0.6 is 35.3 Å². The molecule has 6 nitrogen and oxygen atoms in total. The number of thiazole rings is 1. The van der Waals surface area contributed by atoms with Crippen molar-refractivity contribution in [3.8, 4) is 0 Å². The molecule has 3 rings (SSSR count). The molecule has 1 amide bonds. The summed E-state index contributed by atoms with van der Waals surface area (Å²) in [5.74, 6) is 0.948. The fourth-order valence-corrected chi connectivity index (χ4v) is 4.41. The lowest BCUT2D eigenvalue weighted by Gasteiger charge is -2.26. The van der Waals surface area contributed by atoms with Crippen molar-refractivity contribution in [1.82, 2.24) is 20.5 Å².